The van der Waals surface area contributed by atoms with E-state index in [9.17, 15) is 13.2 Å². The minimum absolute atomic E-state index is 0.0458. The molecule has 0 heterocycles. The van der Waals surface area contributed by atoms with Gasteiger partial charge in [0.15, 0.2) is 0 Å². The summed E-state index contributed by atoms with van der Waals surface area (Å²) >= 11 is 11.7. The van der Waals surface area contributed by atoms with Crippen molar-refractivity contribution < 1.29 is 17.9 Å². The van der Waals surface area contributed by atoms with Gasteiger partial charge in [-0.1, -0.05) is 36.0 Å². The molecule has 0 unspecified atom stereocenters. The van der Waals surface area contributed by atoms with Gasteiger partial charge in [-0.15, -0.1) is 0 Å². The van der Waals surface area contributed by atoms with Crippen molar-refractivity contribution in [2.75, 3.05) is 6.61 Å². The number of rotatable bonds is 5. The smallest absolute Gasteiger partial charge is 0.339 e. The van der Waals surface area contributed by atoms with E-state index in [0.717, 1.165) is 31.4 Å². The molecule has 0 aliphatic heterocycles. The first-order valence-corrected chi connectivity index (χ1v) is 8.28. The van der Waals surface area contributed by atoms with Crippen LogP contribution in [0.2, 0.25) is 10.0 Å². The van der Waals surface area contributed by atoms with Gasteiger partial charge in [0, 0.05) is 0 Å². The first-order chi connectivity index (χ1) is 9.29. The lowest BCUT2D eigenvalue weighted by atomic mass is 10.2. The fraction of sp³-hybridized carbons (Fsp3) is 0.417. The maximum Gasteiger partial charge on any atom is 0.339 e. The van der Waals surface area contributed by atoms with Crippen molar-refractivity contribution in [1.29, 1.82) is 0 Å². The number of halogens is 2. The zero-order chi connectivity index (χ0) is 14.9. The molecule has 1 fully saturated rings. The molecule has 0 spiro atoms. The van der Waals surface area contributed by atoms with Crippen molar-refractivity contribution in [3.05, 3.63) is 27.7 Å². The van der Waals surface area contributed by atoms with Crippen LogP contribution in [0.5, 0.6) is 0 Å². The molecule has 20 heavy (non-hydrogen) atoms. The number of esters is 1. The van der Waals surface area contributed by atoms with E-state index in [-0.39, 0.29) is 27.1 Å². The van der Waals surface area contributed by atoms with Gasteiger partial charge in [-0.3, -0.25) is 0 Å². The maximum absolute atomic E-state index is 11.9. The second kappa shape index (κ2) is 5.89. The molecular weight excluding hydrogens is 325 g/mol. The molecule has 8 heteroatoms. The second-order valence-corrected chi connectivity index (χ2v) is 7.03. The van der Waals surface area contributed by atoms with E-state index in [1.807, 2.05) is 0 Å². The average Bonchev–Trinajstić information content (AvgIpc) is 3.15. The van der Waals surface area contributed by atoms with E-state index in [4.69, 9.17) is 33.1 Å². The number of primary sulfonamides is 1. The van der Waals surface area contributed by atoms with Gasteiger partial charge in [0.1, 0.15) is 0 Å². The van der Waals surface area contributed by atoms with Crippen molar-refractivity contribution in [2.24, 2.45) is 11.1 Å². The normalized spacial score (nSPS) is 15.2. The Morgan fingerprint density at radius 2 is 2.00 bits per heavy atom. The summed E-state index contributed by atoms with van der Waals surface area (Å²) < 4.78 is 27.7. The Labute approximate surface area is 127 Å². The van der Waals surface area contributed by atoms with Crippen LogP contribution in [0.15, 0.2) is 17.0 Å². The van der Waals surface area contributed by atoms with Gasteiger partial charge in [-0.2, -0.15) is 0 Å². The molecule has 0 saturated heterocycles. The Bertz CT molecular complexity index is 641. The Kier molecular flexibility index (Phi) is 4.59. The van der Waals surface area contributed by atoms with Gasteiger partial charge in [0.05, 0.1) is 27.1 Å². The van der Waals surface area contributed by atoms with Crippen molar-refractivity contribution in [1.82, 2.24) is 0 Å². The molecule has 110 valence electrons. The van der Waals surface area contributed by atoms with Crippen molar-refractivity contribution in [3.63, 3.8) is 0 Å². The predicted molar refractivity (Wildman–Crippen MR) is 75.5 cm³/mol. The quantitative estimate of drug-likeness (QED) is 0.836. The molecule has 1 aliphatic carbocycles. The van der Waals surface area contributed by atoms with Crippen LogP contribution in [0.1, 0.15) is 29.6 Å². The van der Waals surface area contributed by atoms with E-state index in [2.05, 4.69) is 0 Å². The second-order valence-electron chi connectivity index (χ2n) is 4.68. The van der Waals surface area contributed by atoms with E-state index in [1.54, 1.807) is 0 Å². The number of hydrogen-bond donors (Lipinski definition) is 1. The standard InChI is InChI=1S/C12H13Cl2NO4S/c13-10-6-8(20(15,17)18)5-9(11(10)14)12(16)19-4-3-7-1-2-7/h5-7H,1-4H2,(H2,15,17,18). The van der Waals surface area contributed by atoms with Crippen LogP contribution < -0.4 is 5.14 Å². The van der Waals surface area contributed by atoms with Crippen LogP contribution in [0, 0.1) is 5.92 Å². The molecule has 0 aromatic heterocycles. The van der Waals surface area contributed by atoms with Crippen molar-refractivity contribution in [3.8, 4) is 0 Å². The van der Waals surface area contributed by atoms with Crippen LogP contribution >= 0.6 is 23.2 Å². The number of carbonyl (C=O) groups is 1. The number of benzene rings is 1. The topological polar surface area (TPSA) is 86.5 Å². The number of hydrogen-bond acceptors (Lipinski definition) is 4. The van der Waals surface area contributed by atoms with E-state index < -0.39 is 16.0 Å². The predicted octanol–water partition coefficient (Wildman–Crippen LogP) is 2.60. The third-order valence-electron chi connectivity index (χ3n) is 3.01. The summed E-state index contributed by atoms with van der Waals surface area (Å²) in [7, 11) is -3.97. The number of nitrogens with two attached hydrogens (primary N) is 1. The zero-order valence-electron chi connectivity index (χ0n) is 10.4. The van der Waals surface area contributed by atoms with Gasteiger partial charge >= 0.3 is 5.97 Å². The van der Waals surface area contributed by atoms with Crippen molar-refractivity contribution >= 4 is 39.2 Å². The molecule has 0 radical (unpaired) electrons. The van der Waals surface area contributed by atoms with E-state index in [1.165, 1.54) is 0 Å². The molecule has 1 aliphatic rings. The Morgan fingerprint density at radius 3 is 2.55 bits per heavy atom. The summed E-state index contributed by atoms with van der Waals surface area (Å²) in [6, 6.07) is 2.17. The Morgan fingerprint density at radius 1 is 1.35 bits per heavy atom. The third kappa shape index (κ3) is 3.85. The summed E-state index contributed by atoms with van der Waals surface area (Å²) in [5.74, 6) is -0.0827. The van der Waals surface area contributed by atoms with E-state index in [0.29, 0.717) is 5.92 Å². The summed E-state index contributed by atoms with van der Waals surface area (Å²) in [4.78, 5) is 11.6. The molecule has 2 rings (SSSR count). The van der Waals surface area contributed by atoms with Crippen LogP contribution in [0.3, 0.4) is 0 Å². The van der Waals surface area contributed by atoms with Crippen LogP contribution in [-0.2, 0) is 14.8 Å². The highest BCUT2D eigenvalue weighted by Crippen LogP contribution is 2.33. The summed E-state index contributed by atoms with van der Waals surface area (Å²) in [6.45, 7) is 0.275. The molecule has 1 aromatic rings. The van der Waals surface area contributed by atoms with Gasteiger partial charge < -0.3 is 4.74 Å². The fourth-order valence-electron chi connectivity index (χ4n) is 1.68. The highest BCUT2D eigenvalue weighted by Gasteiger charge is 2.23. The highest BCUT2D eigenvalue weighted by molar-refractivity contribution is 7.89. The maximum atomic E-state index is 11.9. The van der Waals surface area contributed by atoms with Gasteiger partial charge in [-0.25, -0.2) is 18.4 Å². The first-order valence-electron chi connectivity index (χ1n) is 5.98. The molecule has 0 atom stereocenters. The first kappa shape index (κ1) is 15.6. The van der Waals surface area contributed by atoms with Gasteiger partial charge in [0.25, 0.3) is 0 Å². The van der Waals surface area contributed by atoms with Crippen LogP contribution in [0.4, 0.5) is 0 Å². The highest BCUT2D eigenvalue weighted by atomic mass is 35.5. The average molecular weight is 338 g/mol. The Balaban J connectivity index is 2.20. The lowest BCUT2D eigenvalue weighted by Gasteiger charge is -2.09. The third-order valence-corrected chi connectivity index (χ3v) is 4.70. The Hall–Kier alpha value is -0.820. The van der Waals surface area contributed by atoms with Crippen molar-refractivity contribution in [2.45, 2.75) is 24.2 Å². The minimum atomic E-state index is -3.97. The largest absolute Gasteiger partial charge is 0.462 e. The molecule has 0 amide bonds. The van der Waals surface area contributed by atoms with Gasteiger partial charge in [-0.05, 0) is 24.5 Å². The summed E-state index contributed by atoms with van der Waals surface area (Å²) in [5.41, 5.74) is -0.0982. The molecule has 2 N–H and O–H groups in total. The SMILES string of the molecule is NS(=O)(=O)c1cc(Cl)c(Cl)c(C(=O)OCCC2CC2)c1. The number of ether oxygens (including phenoxy) is 1. The summed E-state index contributed by atoms with van der Waals surface area (Å²) in [6.07, 6.45) is 3.11. The fourth-order valence-corrected chi connectivity index (χ4v) is 2.71. The lowest BCUT2D eigenvalue weighted by Crippen LogP contribution is -2.14. The molecule has 1 aromatic carbocycles. The molecule has 5 nitrogen and oxygen atoms in total. The zero-order valence-corrected chi connectivity index (χ0v) is 12.8. The van der Waals surface area contributed by atoms with E-state index >= 15 is 0 Å². The molecular formula is C12H13Cl2NO4S. The van der Waals surface area contributed by atoms with Gasteiger partial charge in [0.2, 0.25) is 10.0 Å². The minimum Gasteiger partial charge on any atom is -0.462 e. The lowest BCUT2D eigenvalue weighted by molar-refractivity contribution is 0.0495. The van der Waals surface area contributed by atoms with Crippen LogP contribution in [0.25, 0.3) is 0 Å². The number of sulfonamides is 1. The summed E-state index contributed by atoms with van der Waals surface area (Å²) in [5, 5.41) is 4.90. The molecule has 1 saturated carbocycles. The monoisotopic (exact) mass is 337 g/mol. The molecule has 0 bridgehead atoms. The number of carbonyl (C=O) groups excluding carboxylic acids is 1. The van der Waals surface area contributed by atoms with Crippen LogP contribution in [-0.4, -0.2) is 21.0 Å².